The van der Waals surface area contributed by atoms with Gasteiger partial charge in [-0.3, -0.25) is 9.10 Å². The molecule has 1 fully saturated rings. The largest absolute Gasteiger partial charge is 0.474 e. The van der Waals surface area contributed by atoms with Crippen molar-refractivity contribution < 1.29 is 22.7 Å². The van der Waals surface area contributed by atoms with Crippen LogP contribution in [0.25, 0.3) is 0 Å². The summed E-state index contributed by atoms with van der Waals surface area (Å²) >= 11 is 0. The molecule has 134 valence electrons. The fourth-order valence-corrected chi connectivity index (χ4v) is 2.92. The van der Waals surface area contributed by atoms with Crippen molar-refractivity contribution in [1.82, 2.24) is 9.88 Å². The van der Waals surface area contributed by atoms with E-state index in [1.165, 1.54) is 20.4 Å². The number of anilines is 1. The molecule has 1 aromatic heterocycles. The van der Waals surface area contributed by atoms with Gasteiger partial charge in [0.1, 0.15) is 12.7 Å². The molecule has 0 radical (unpaired) electrons. The minimum atomic E-state index is -3.31. The summed E-state index contributed by atoms with van der Waals surface area (Å²) < 4.78 is 34.8. The number of carbonyl (C=O) groups is 1. The average Bonchev–Trinajstić information content (AvgIpc) is 2.55. The molecule has 1 saturated heterocycles. The standard InChI is InChI=1S/C15H23N3O5S/c1-17(24(3,20)21)12-4-5-14(16-10-12)23-13-6-8-18(9-7-13)15(19)11-22-2/h4-5,10,13H,6-9,11H2,1-3H3. The number of amides is 1. The Morgan fingerprint density at radius 2 is 2.04 bits per heavy atom. The maximum Gasteiger partial charge on any atom is 0.248 e. The Balaban J connectivity index is 1.88. The van der Waals surface area contributed by atoms with Gasteiger partial charge < -0.3 is 14.4 Å². The third kappa shape index (κ3) is 4.81. The highest BCUT2D eigenvalue weighted by molar-refractivity contribution is 7.92. The third-order valence-corrected chi connectivity index (χ3v) is 5.14. The Morgan fingerprint density at radius 1 is 1.38 bits per heavy atom. The Kier molecular flexibility index (Phi) is 6.00. The lowest BCUT2D eigenvalue weighted by molar-refractivity contribution is -0.136. The maximum atomic E-state index is 11.7. The summed E-state index contributed by atoms with van der Waals surface area (Å²) in [7, 11) is -0.334. The Bertz CT molecular complexity index is 654. The fraction of sp³-hybridized carbons (Fsp3) is 0.600. The fourth-order valence-electron chi connectivity index (χ4n) is 2.43. The number of likely N-dealkylation sites (tertiary alicyclic amines) is 1. The Labute approximate surface area is 142 Å². The van der Waals surface area contributed by atoms with Gasteiger partial charge in [-0.05, 0) is 6.07 Å². The van der Waals surface area contributed by atoms with Crippen LogP contribution < -0.4 is 9.04 Å². The number of sulfonamides is 1. The molecule has 24 heavy (non-hydrogen) atoms. The first-order chi connectivity index (χ1) is 11.3. The summed E-state index contributed by atoms with van der Waals surface area (Å²) in [5, 5.41) is 0. The van der Waals surface area contributed by atoms with E-state index in [1.54, 1.807) is 17.0 Å². The summed E-state index contributed by atoms with van der Waals surface area (Å²) in [4.78, 5) is 17.7. The third-order valence-electron chi connectivity index (χ3n) is 3.93. The first-order valence-corrected chi connectivity index (χ1v) is 9.49. The molecule has 0 N–H and O–H groups in total. The van der Waals surface area contributed by atoms with Crippen molar-refractivity contribution in [2.45, 2.75) is 18.9 Å². The highest BCUT2D eigenvalue weighted by atomic mass is 32.2. The predicted molar refractivity (Wildman–Crippen MR) is 89.6 cm³/mol. The van der Waals surface area contributed by atoms with Crippen LogP contribution in [0.3, 0.4) is 0 Å². The molecular formula is C15H23N3O5S. The molecule has 0 bridgehead atoms. The molecule has 0 spiro atoms. The van der Waals surface area contributed by atoms with Gasteiger partial charge in [0, 0.05) is 46.2 Å². The quantitative estimate of drug-likeness (QED) is 0.736. The monoisotopic (exact) mass is 357 g/mol. The van der Waals surface area contributed by atoms with Gasteiger partial charge in [-0.1, -0.05) is 0 Å². The second kappa shape index (κ2) is 7.80. The van der Waals surface area contributed by atoms with Crippen molar-refractivity contribution in [3.63, 3.8) is 0 Å². The smallest absolute Gasteiger partial charge is 0.248 e. The number of rotatable bonds is 6. The molecule has 0 saturated carbocycles. The molecule has 2 heterocycles. The molecule has 1 amide bonds. The molecule has 1 aliphatic heterocycles. The number of ether oxygens (including phenoxy) is 2. The number of piperidine rings is 1. The van der Waals surface area contributed by atoms with Crippen molar-refractivity contribution in [1.29, 1.82) is 0 Å². The van der Waals surface area contributed by atoms with Gasteiger partial charge >= 0.3 is 0 Å². The minimum Gasteiger partial charge on any atom is -0.474 e. The number of hydrogen-bond acceptors (Lipinski definition) is 6. The van der Waals surface area contributed by atoms with Crippen molar-refractivity contribution in [2.24, 2.45) is 0 Å². The molecule has 1 aliphatic rings. The van der Waals surface area contributed by atoms with Crippen LogP contribution >= 0.6 is 0 Å². The van der Waals surface area contributed by atoms with Crippen LogP contribution in [0.4, 0.5) is 5.69 Å². The number of aromatic nitrogens is 1. The number of methoxy groups -OCH3 is 1. The van der Waals surface area contributed by atoms with Crippen LogP contribution in [0.1, 0.15) is 12.8 Å². The Morgan fingerprint density at radius 3 is 2.54 bits per heavy atom. The van der Waals surface area contributed by atoms with E-state index in [2.05, 4.69) is 4.98 Å². The zero-order chi connectivity index (χ0) is 17.7. The first-order valence-electron chi connectivity index (χ1n) is 7.64. The van der Waals surface area contributed by atoms with Crippen LogP contribution in [-0.2, 0) is 19.6 Å². The number of nitrogens with zero attached hydrogens (tertiary/aromatic N) is 3. The molecule has 9 heteroatoms. The lowest BCUT2D eigenvalue weighted by Gasteiger charge is -2.31. The molecule has 0 unspecified atom stereocenters. The first kappa shape index (κ1) is 18.5. The summed E-state index contributed by atoms with van der Waals surface area (Å²) in [6, 6.07) is 3.31. The van der Waals surface area contributed by atoms with E-state index in [-0.39, 0.29) is 18.6 Å². The maximum absolute atomic E-state index is 11.7. The van der Waals surface area contributed by atoms with Crippen LogP contribution in [-0.4, -0.2) is 70.4 Å². The van der Waals surface area contributed by atoms with Crippen LogP contribution in [0.5, 0.6) is 5.88 Å². The molecule has 0 aliphatic carbocycles. The van der Waals surface area contributed by atoms with Crippen molar-refractivity contribution in [3.8, 4) is 5.88 Å². The summed E-state index contributed by atoms with van der Waals surface area (Å²) in [5.41, 5.74) is 0.477. The highest BCUT2D eigenvalue weighted by Gasteiger charge is 2.24. The van der Waals surface area contributed by atoms with Crippen molar-refractivity contribution in [3.05, 3.63) is 18.3 Å². The molecule has 8 nitrogen and oxygen atoms in total. The van der Waals surface area contributed by atoms with E-state index in [0.29, 0.717) is 24.7 Å². The van der Waals surface area contributed by atoms with Gasteiger partial charge in [0.15, 0.2) is 0 Å². The zero-order valence-corrected chi connectivity index (χ0v) is 15.0. The summed E-state index contributed by atoms with van der Waals surface area (Å²) in [6.45, 7) is 1.35. The van der Waals surface area contributed by atoms with Crippen molar-refractivity contribution >= 4 is 21.6 Å². The summed E-state index contributed by atoms with van der Waals surface area (Å²) in [6.07, 6.45) is 4.04. The van der Waals surface area contributed by atoms with E-state index in [4.69, 9.17) is 9.47 Å². The highest BCUT2D eigenvalue weighted by Crippen LogP contribution is 2.21. The number of pyridine rings is 1. The lowest BCUT2D eigenvalue weighted by atomic mass is 10.1. The number of carbonyl (C=O) groups excluding carboxylic acids is 1. The van der Waals surface area contributed by atoms with E-state index in [0.717, 1.165) is 23.4 Å². The van der Waals surface area contributed by atoms with Gasteiger partial charge in [-0.2, -0.15) is 0 Å². The molecule has 2 rings (SSSR count). The number of hydrogen-bond donors (Lipinski definition) is 0. The van der Waals surface area contributed by atoms with E-state index >= 15 is 0 Å². The molecule has 0 aromatic carbocycles. The SMILES string of the molecule is COCC(=O)N1CCC(Oc2ccc(N(C)S(C)(=O)=O)cn2)CC1. The molecule has 1 aromatic rings. The van der Waals surface area contributed by atoms with Gasteiger partial charge in [0.25, 0.3) is 0 Å². The predicted octanol–water partition coefficient (Wildman–Crippen LogP) is 0.494. The molecular weight excluding hydrogens is 334 g/mol. The van der Waals surface area contributed by atoms with E-state index in [9.17, 15) is 13.2 Å². The second-order valence-electron chi connectivity index (χ2n) is 5.72. The summed E-state index contributed by atoms with van der Waals surface area (Å²) in [5.74, 6) is 0.435. The zero-order valence-electron chi connectivity index (χ0n) is 14.1. The van der Waals surface area contributed by atoms with Crippen LogP contribution in [0.2, 0.25) is 0 Å². The van der Waals surface area contributed by atoms with E-state index in [1.807, 2.05) is 0 Å². The van der Waals surface area contributed by atoms with Gasteiger partial charge in [0.05, 0.1) is 18.1 Å². The van der Waals surface area contributed by atoms with Gasteiger partial charge in [-0.25, -0.2) is 13.4 Å². The minimum absolute atomic E-state index is 0.0115. The average molecular weight is 357 g/mol. The van der Waals surface area contributed by atoms with Gasteiger partial charge in [-0.15, -0.1) is 0 Å². The van der Waals surface area contributed by atoms with Crippen LogP contribution in [0.15, 0.2) is 18.3 Å². The van der Waals surface area contributed by atoms with Crippen LogP contribution in [0, 0.1) is 0 Å². The van der Waals surface area contributed by atoms with Crippen molar-refractivity contribution in [2.75, 3.05) is 44.4 Å². The van der Waals surface area contributed by atoms with E-state index < -0.39 is 10.0 Å². The second-order valence-corrected chi connectivity index (χ2v) is 7.73. The van der Waals surface area contributed by atoms with Gasteiger partial charge in [0.2, 0.25) is 21.8 Å². The molecule has 0 atom stereocenters. The normalized spacial score (nSPS) is 16.0. The lowest BCUT2D eigenvalue weighted by Crippen LogP contribution is -2.43. The topological polar surface area (TPSA) is 89.0 Å². The Hall–Kier alpha value is -1.87.